The largest absolute Gasteiger partial charge is 0.361 e. The van der Waals surface area contributed by atoms with E-state index >= 15 is 0 Å². The second-order valence-corrected chi connectivity index (χ2v) is 7.59. The Bertz CT molecular complexity index is 1280. The topological polar surface area (TPSA) is 80.5 Å². The van der Waals surface area contributed by atoms with Gasteiger partial charge in [-0.25, -0.2) is 13.8 Å². The molecule has 0 bridgehead atoms. The summed E-state index contributed by atoms with van der Waals surface area (Å²) in [6, 6.07) is 8.79. The molecule has 0 spiro atoms. The van der Waals surface area contributed by atoms with Gasteiger partial charge in [-0.05, 0) is 31.5 Å². The summed E-state index contributed by atoms with van der Waals surface area (Å²) >= 11 is 0. The number of alkyl halides is 2. The van der Waals surface area contributed by atoms with Crippen LogP contribution in [0.4, 0.5) is 8.78 Å². The molecule has 3 heterocycles. The van der Waals surface area contributed by atoms with Crippen LogP contribution in [0.3, 0.4) is 0 Å². The molecule has 8 heteroatoms. The number of aromatic nitrogens is 4. The molecule has 1 saturated carbocycles. The van der Waals surface area contributed by atoms with Crippen molar-refractivity contribution in [2.24, 2.45) is 0 Å². The second-order valence-electron chi connectivity index (χ2n) is 7.59. The van der Waals surface area contributed by atoms with Gasteiger partial charge in [0.05, 0.1) is 41.0 Å². The molecule has 1 fully saturated rings. The molecule has 5 rings (SSSR count). The third-order valence-electron chi connectivity index (χ3n) is 5.48. The first-order valence-corrected chi connectivity index (χ1v) is 9.43. The number of fused-ring (bicyclic) bond motifs is 3. The van der Waals surface area contributed by atoms with Crippen LogP contribution >= 0.6 is 0 Å². The average molecular weight is 393 g/mol. The highest BCUT2D eigenvalue weighted by Crippen LogP contribution is 2.44. The summed E-state index contributed by atoms with van der Waals surface area (Å²) in [6.45, 7) is 1.80. The summed E-state index contributed by atoms with van der Waals surface area (Å²) in [5.41, 5.74) is 3.25. The molecule has 0 radical (unpaired) electrons. The standard InChI is InChI=1S/C21H17F2N5O/c1-12-6-14(27-29-12)8-19-26-18-11-25-17-3-2-13(10-24)7-16(17)20(18)28(19)15-4-5-21(22,23)9-15/h2-3,6-7,11,15H,4-5,8-9H2,1H3. The van der Waals surface area contributed by atoms with Gasteiger partial charge in [-0.1, -0.05) is 5.16 Å². The number of halogens is 2. The number of nitrogens with zero attached hydrogens (tertiary/aromatic N) is 5. The zero-order chi connectivity index (χ0) is 20.2. The minimum atomic E-state index is -2.69. The molecule has 0 N–H and O–H groups in total. The summed E-state index contributed by atoms with van der Waals surface area (Å²) < 4.78 is 35.2. The smallest absolute Gasteiger partial charge is 0.250 e. The normalized spacial score (nSPS) is 18.5. The highest BCUT2D eigenvalue weighted by atomic mass is 19.3. The van der Waals surface area contributed by atoms with Gasteiger partial charge in [-0.3, -0.25) is 4.98 Å². The van der Waals surface area contributed by atoms with Crippen LogP contribution in [-0.4, -0.2) is 25.6 Å². The van der Waals surface area contributed by atoms with Gasteiger partial charge < -0.3 is 9.09 Å². The number of hydrogen-bond acceptors (Lipinski definition) is 5. The first kappa shape index (κ1) is 17.7. The van der Waals surface area contributed by atoms with Crippen molar-refractivity contribution in [1.29, 1.82) is 5.26 Å². The molecule has 1 aliphatic carbocycles. The zero-order valence-corrected chi connectivity index (χ0v) is 15.7. The van der Waals surface area contributed by atoms with E-state index in [9.17, 15) is 14.0 Å². The summed E-state index contributed by atoms with van der Waals surface area (Å²) in [7, 11) is 0. The molecule has 29 heavy (non-hydrogen) atoms. The maximum atomic E-state index is 14.1. The lowest BCUT2D eigenvalue weighted by Crippen LogP contribution is -2.14. The number of rotatable bonds is 3. The number of hydrogen-bond donors (Lipinski definition) is 0. The van der Waals surface area contributed by atoms with Crippen LogP contribution in [0.5, 0.6) is 0 Å². The molecular formula is C21H17F2N5O. The molecule has 1 unspecified atom stereocenters. The lowest BCUT2D eigenvalue weighted by atomic mass is 10.1. The maximum Gasteiger partial charge on any atom is 0.250 e. The van der Waals surface area contributed by atoms with Gasteiger partial charge in [0.25, 0.3) is 0 Å². The van der Waals surface area contributed by atoms with E-state index in [1.54, 1.807) is 31.3 Å². The van der Waals surface area contributed by atoms with Crippen LogP contribution in [0.1, 0.15) is 48.1 Å². The van der Waals surface area contributed by atoms with Gasteiger partial charge in [-0.2, -0.15) is 5.26 Å². The Morgan fingerprint density at radius 2 is 2.17 bits per heavy atom. The van der Waals surface area contributed by atoms with E-state index in [4.69, 9.17) is 9.51 Å². The van der Waals surface area contributed by atoms with Crippen LogP contribution in [0.25, 0.3) is 21.9 Å². The van der Waals surface area contributed by atoms with E-state index in [1.807, 2.05) is 10.6 Å². The second kappa shape index (κ2) is 6.34. The van der Waals surface area contributed by atoms with E-state index in [0.29, 0.717) is 46.7 Å². The number of benzene rings is 1. The van der Waals surface area contributed by atoms with E-state index in [2.05, 4.69) is 16.2 Å². The molecule has 0 amide bonds. The molecular weight excluding hydrogens is 376 g/mol. The fraction of sp³-hybridized carbons (Fsp3) is 0.333. The number of pyridine rings is 1. The first-order valence-electron chi connectivity index (χ1n) is 9.43. The van der Waals surface area contributed by atoms with Crippen LogP contribution in [0.15, 0.2) is 35.0 Å². The molecule has 1 aromatic carbocycles. The van der Waals surface area contributed by atoms with Crippen LogP contribution in [-0.2, 0) is 6.42 Å². The summed E-state index contributed by atoms with van der Waals surface area (Å²) in [5.74, 6) is -1.36. The highest BCUT2D eigenvalue weighted by molar-refractivity contribution is 6.02. The Morgan fingerprint density at radius 3 is 2.86 bits per heavy atom. The lowest BCUT2D eigenvalue weighted by molar-refractivity contribution is 0.00571. The van der Waals surface area contributed by atoms with Crippen molar-refractivity contribution in [1.82, 2.24) is 19.7 Å². The molecule has 1 atom stereocenters. The molecule has 4 aromatic rings. The maximum absolute atomic E-state index is 14.1. The van der Waals surface area contributed by atoms with Crippen LogP contribution < -0.4 is 0 Å². The Hall–Kier alpha value is -3.34. The fourth-order valence-electron chi connectivity index (χ4n) is 4.22. The van der Waals surface area contributed by atoms with E-state index in [0.717, 1.165) is 10.9 Å². The fourth-order valence-corrected chi connectivity index (χ4v) is 4.22. The Kier molecular flexibility index (Phi) is 3.88. The quantitative estimate of drug-likeness (QED) is 0.504. The average Bonchev–Trinajstić information content (AvgIpc) is 3.37. The summed E-state index contributed by atoms with van der Waals surface area (Å²) in [6.07, 6.45) is 2.01. The van der Waals surface area contributed by atoms with Crippen molar-refractivity contribution in [2.45, 2.75) is 44.6 Å². The SMILES string of the molecule is Cc1cc(Cc2nc3cnc4ccc(C#N)cc4c3n2C2CCC(F)(F)C2)no1. The molecule has 1 aliphatic rings. The van der Waals surface area contributed by atoms with Crippen LogP contribution in [0, 0.1) is 18.3 Å². The minimum absolute atomic E-state index is 0.147. The lowest BCUT2D eigenvalue weighted by Gasteiger charge is -2.17. The van der Waals surface area contributed by atoms with Gasteiger partial charge in [0, 0.05) is 30.3 Å². The van der Waals surface area contributed by atoms with Crippen molar-refractivity contribution < 1.29 is 13.3 Å². The van der Waals surface area contributed by atoms with Gasteiger partial charge in [0.1, 0.15) is 17.1 Å². The summed E-state index contributed by atoms with van der Waals surface area (Å²) in [4.78, 5) is 9.14. The van der Waals surface area contributed by atoms with Crippen molar-refractivity contribution in [3.63, 3.8) is 0 Å². The van der Waals surface area contributed by atoms with Gasteiger partial charge in [0.2, 0.25) is 5.92 Å². The van der Waals surface area contributed by atoms with Gasteiger partial charge in [-0.15, -0.1) is 0 Å². The monoisotopic (exact) mass is 393 g/mol. The third kappa shape index (κ3) is 3.03. The van der Waals surface area contributed by atoms with E-state index in [1.165, 1.54) is 0 Å². The van der Waals surface area contributed by atoms with Crippen molar-refractivity contribution in [3.05, 3.63) is 53.3 Å². The van der Waals surface area contributed by atoms with Crippen molar-refractivity contribution in [2.75, 3.05) is 0 Å². The summed E-state index contributed by atoms with van der Waals surface area (Å²) in [5, 5.41) is 14.1. The van der Waals surface area contributed by atoms with Gasteiger partial charge in [0.15, 0.2) is 0 Å². The molecule has 146 valence electrons. The Morgan fingerprint density at radius 1 is 1.31 bits per heavy atom. The number of imidazole rings is 1. The van der Waals surface area contributed by atoms with E-state index < -0.39 is 5.92 Å². The van der Waals surface area contributed by atoms with Crippen molar-refractivity contribution >= 4 is 21.9 Å². The predicted molar refractivity (Wildman–Crippen MR) is 102 cm³/mol. The molecule has 3 aromatic heterocycles. The molecule has 6 nitrogen and oxygen atoms in total. The van der Waals surface area contributed by atoms with Crippen LogP contribution in [0.2, 0.25) is 0 Å². The zero-order valence-electron chi connectivity index (χ0n) is 15.7. The minimum Gasteiger partial charge on any atom is -0.361 e. The molecule has 0 aliphatic heterocycles. The predicted octanol–water partition coefficient (Wildman–Crippen LogP) is 4.70. The number of nitriles is 1. The first-order chi connectivity index (χ1) is 13.9. The Labute approximate surface area is 164 Å². The van der Waals surface area contributed by atoms with E-state index in [-0.39, 0.29) is 18.9 Å². The third-order valence-corrected chi connectivity index (χ3v) is 5.48. The van der Waals surface area contributed by atoms with Gasteiger partial charge >= 0.3 is 0 Å². The number of aryl methyl sites for hydroxylation is 1. The molecule has 0 saturated heterocycles. The Balaban J connectivity index is 1.76. The highest BCUT2D eigenvalue weighted by Gasteiger charge is 2.41. The van der Waals surface area contributed by atoms with Crippen molar-refractivity contribution in [3.8, 4) is 6.07 Å².